The van der Waals surface area contributed by atoms with Gasteiger partial charge in [0.2, 0.25) is 0 Å². The maximum atomic E-state index is 13.3. The number of carbonyl (C=O) groups excluding carboxylic acids is 1. The second-order valence-electron chi connectivity index (χ2n) is 8.19. The van der Waals surface area contributed by atoms with Crippen LogP contribution in [0.5, 0.6) is 0 Å². The molecule has 1 fully saturated rings. The van der Waals surface area contributed by atoms with Gasteiger partial charge in [0.05, 0.1) is 25.3 Å². The van der Waals surface area contributed by atoms with Gasteiger partial charge in [-0.05, 0) is 23.1 Å². The molecule has 1 saturated heterocycles. The molecule has 1 aliphatic heterocycles. The standard InChI is InChI=1S/C28H29NO4/c1-2-18-32-25-19-26(29(20-25)27(30)33-21-22-12-6-3-7-13-22)28(31,23-14-8-4-9-15-23)24-16-10-5-11-17-24/h2-17,25-26,31H,1,18-21H2/t25-,26+/m1/s1. The smallest absolute Gasteiger partial charge is 0.410 e. The van der Waals surface area contributed by atoms with Gasteiger partial charge < -0.3 is 14.6 Å². The number of nitrogens with zero attached hydrogens (tertiary/aromatic N) is 1. The highest BCUT2D eigenvalue weighted by atomic mass is 16.6. The maximum Gasteiger partial charge on any atom is 0.410 e. The molecule has 1 aliphatic rings. The number of hydrogen-bond donors (Lipinski definition) is 1. The minimum absolute atomic E-state index is 0.163. The van der Waals surface area contributed by atoms with E-state index in [9.17, 15) is 9.90 Å². The Labute approximate surface area is 194 Å². The molecule has 1 amide bonds. The Kier molecular flexibility index (Phi) is 7.23. The van der Waals surface area contributed by atoms with Crippen molar-refractivity contribution < 1.29 is 19.4 Å². The lowest BCUT2D eigenvalue weighted by atomic mass is 9.79. The maximum absolute atomic E-state index is 13.3. The first-order valence-electron chi connectivity index (χ1n) is 11.2. The molecule has 0 radical (unpaired) electrons. The third-order valence-corrected chi connectivity index (χ3v) is 6.06. The lowest BCUT2D eigenvalue weighted by Gasteiger charge is -2.39. The molecule has 1 heterocycles. The third kappa shape index (κ3) is 5.00. The van der Waals surface area contributed by atoms with Crippen molar-refractivity contribution >= 4 is 6.09 Å². The number of benzene rings is 3. The number of rotatable bonds is 8. The minimum atomic E-state index is -1.43. The first-order chi connectivity index (χ1) is 16.1. The Morgan fingerprint density at radius 1 is 0.970 bits per heavy atom. The molecule has 5 heteroatoms. The van der Waals surface area contributed by atoms with Crippen molar-refractivity contribution in [1.82, 2.24) is 4.90 Å². The summed E-state index contributed by atoms with van der Waals surface area (Å²) in [5.74, 6) is 0. The molecular formula is C28H29NO4. The number of ether oxygens (including phenoxy) is 2. The van der Waals surface area contributed by atoms with Crippen LogP contribution in [0, 0.1) is 0 Å². The average molecular weight is 444 g/mol. The van der Waals surface area contributed by atoms with Crippen LogP contribution in [-0.2, 0) is 21.7 Å². The summed E-state index contributed by atoms with van der Waals surface area (Å²) in [4.78, 5) is 14.9. The van der Waals surface area contributed by atoms with Gasteiger partial charge in [0, 0.05) is 0 Å². The molecule has 3 aromatic rings. The molecule has 3 aromatic carbocycles. The van der Waals surface area contributed by atoms with Gasteiger partial charge in [-0.2, -0.15) is 0 Å². The molecule has 0 bridgehead atoms. The predicted molar refractivity (Wildman–Crippen MR) is 128 cm³/mol. The quantitative estimate of drug-likeness (QED) is 0.503. The van der Waals surface area contributed by atoms with Gasteiger partial charge in [-0.3, -0.25) is 4.90 Å². The second-order valence-corrected chi connectivity index (χ2v) is 8.19. The first kappa shape index (κ1) is 22.8. The van der Waals surface area contributed by atoms with Crippen LogP contribution < -0.4 is 0 Å². The van der Waals surface area contributed by atoms with Crippen molar-refractivity contribution in [2.24, 2.45) is 0 Å². The molecular weight excluding hydrogens is 414 g/mol. The fourth-order valence-corrected chi connectivity index (χ4v) is 4.46. The molecule has 5 nitrogen and oxygen atoms in total. The lowest BCUT2D eigenvalue weighted by Crippen LogP contribution is -2.50. The fourth-order valence-electron chi connectivity index (χ4n) is 4.46. The predicted octanol–water partition coefficient (Wildman–Crippen LogP) is 4.90. The Morgan fingerprint density at radius 2 is 1.52 bits per heavy atom. The highest BCUT2D eigenvalue weighted by Crippen LogP contribution is 2.41. The van der Waals surface area contributed by atoms with Crippen molar-refractivity contribution in [1.29, 1.82) is 0 Å². The Morgan fingerprint density at radius 3 is 2.06 bits per heavy atom. The summed E-state index contributed by atoms with van der Waals surface area (Å²) in [6.07, 6.45) is 1.44. The highest BCUT2D eigenvalue weighted by Gasteiger charge is 2.50. The first-order valence-corrected chi connectivity index (χ1v) is 11.2. The van der Waals surface area contributed by atoms with Crippen LogP contribution in [-0.4, -0.2) is 41.4 Å². The van der Waals surface area contributed by atoms with Crippen LogP contribution in [0.25, 0.3) is 0 Å². The molecule has 4 rings (SSSR count). The normalized spacial score (nSPS) is 18.2. The Hall–Kier alpha value is -3.41. The zero-order chi connectivity index (χ0) is 23.1. The minimum Gasteiger partial charge on any atom is -0.445 e. The van der Waals surface area contributed by atoms with Gasteiger partial charge in [0.15, 0.2) is 0 Å². The van der Waals surface area contributed by atoms with E-state index in [1.807, 2.05) is 91.0 Å². The van der Waals surface area contributed by atoms with E-state index in [0.29, 0.717) is 30.7 Å². The summed E-state index contributed by atoms with van der Waals surface area (Å²) >= 11 is 0. The van der Waals surface area contributed by atoms with Gasteiger partial charge in [0.25, 0.3) is 0 Å². The van der Waals surface area contributed by atoms with E-state index < -0.39 is 17.7 Å². The Balaban J connectivity index is 1.67. The summed E-state index contributed by atoms with van der Waals surface area (Å²) in [7, 11) is 0. The zero-order valence-electron chi connectivity index (χ0n) is 18.5. The topological polar surface area (TPSA) is 59.0 Å². The van der Waals surface area contributed by atoms with Crippen LogP contribution >= 0.6 is 0 Å². The molecule has 33 heavy (non-hydrogen) atoms. The van der Waals surface area contributed by atoms with E-state index in [0.717, 1.165) is 5.56 Å². The SMILES string of the molecule is C=CCO[C@@H]1C[C@@H](C(O)(c2ccccc2)c2ccccc2)N(C(=O)OCc2ccccc2)C1. The number of amides is 1. The lowest BCUT2D eigenvalue weighted by molar-refractivity contribution is -0.00722. The zero-order valence-corrected chi connectivity index (χ0v) is 18.5. The molecule has 2 atom stereocenters. The van der Waals surface area contributed by atoms with Crippen LogP contribution in [0.15, 0.2) is 104 Å². The van der Waals surface area contributed by atoms with Crippen molar-refractivity contribution in [3.8, 4) is 0 Å². The van der Waals surface area contributed by atoms with Crippen molar-refractivity contribution in [2.45, 2.75) is 30.8 Å². The summed E-state index contributed by atoms with van der Waals surface area (Å²) in [5, 5.41) is 12.3. The largest absolute Gasteiger partial charge is 0.445 e. The molecule has 170 valence electrons. The molecule has 0 spiro atoms. The number of hydrogen-bond acceptors (Lipinski definition) is 4. The van der Waals surface area contributed by atoms with Gasteiger partial charge in [-0.15, -0.1) is 6.58 Å². The summed E-state index contributed by atoms with van der Waals surface area (Å²) in [5.41, 5.74) is 0.904. The van der Waals surface area contributed by atoms with E-state index in [4.69, 9.17) is 9.47 Å². The van der Waals surface area contributed by atoms with E-state index in [1.54, 1.807) is 11.0 Å². The monoisotopic (exact) mass is 443 g/mol. The number of aliphatic hydroxyl groups is 1. The molecule has 0 unspecified atom stereocenters. The second kappa shape index (κ2) is 10.5. The van der Waals surface area contributed by atoms with E-state index in [2.05, 4.69) is 6.58 Å². The summed E-state index contributed by atoms with van der Waals surface area (Å²) < 4.78 is 11.6. The van der Waals surface area contributed by atoms with Gasteiger partial charge in [-0.1, -0.05) is 97.1 Å². The number of likely N-dealkylation sites (tertiary alicyclic amines) is 1. The summed E-state index contributed by atoms with van der Waals surface area (Å²) in [6, 6.07) is 27.9. The number of carbonyl (C=O) groups is 1. The van der Waals surface area contributed by atoms with Crippen molar-refractivity contribution in [2.75, 3.05) is 13.2 Å². The molecule has 0 saturated carbocycles. The Bertz CT molecular complexity index is 1000. The highest BCUT2D eigenvalue weighted by molar-refractivity contribution is 5.69. The van der Waals surface area contributed by atoms with Gasteiger partial charge in [0.1, 0.15) is 12.2 Å². The average Bonchev–Trinajstić information content (AvgIpc) is 3.32. The van der Waals surface area contributed by atoms with Gasteiger partial charge >= 0.3 is 6.09 Å². The van der Waals surface area contributed by atoms with Crippen LogP contribution in [0.1, 0.15) is 23.1 Å². The van der Waals surface area contributed by atoms with Crippen LogP contribution in [0.4, 0.5) is 4.79 Å². The van der Waals surface area contributed by atoms with Crippen LogP contribution in [0.2, 0.25) is 0 Å². The molecule has 0 aliphatic carbocycles. The van der Waals surface area contributed by atoms with Gasteiger partial charge in [-0.25, -0.2) is 4.79 Å². The molecule has 1 N–H and O–H groups in total. The summed E-state index contributed by atoms with van der Waals surface area (Å²) in [6.45, 7) is 4.59. The van der Waals surface area contributed by atoms with Crippen molar-refractivity contribution in [3.05, 3.63) is 120 Å². The van der Waals surface area contributed by atoms with E-state index in [-0.39, 0.29) is 12.7 Å². The fraction of sp³-hybridized carbons (Fsp3) is 0.250. The van der Waals surface area contributed by atoms with Crippen molar-refractivity contribution in [3.63, 3.8) is 0 Å². The molecule has 0 aromatic heterocycles. The van der Waals surface area contributed by atoms with E-state index >= 15 is 0 Å². The van der Waals surface area contributed by atoms with E-state index in [1.165, 1.54) is 0 Å². The third-order valence-electron chi connectivity index (χ3n) is 6.06. The van der Waals surface area contributed by atoms with Crippen LogP contribution in [0.3, 0.4) is 0 Å².